The van der Waals surface area contributed by atoms with E-state index in [9.17, 15) is 9.59 Å². The quantitative estimate of drug-likeness (QED) is 0.263. The molecule has 8 heteroatoms. The van der Waals surface area contributed by atoms with E-state index in [0.29, 0.717) is 28.0 Å². The maximum atomic E-state index is 12.5. The first-order chi connectivity index (χ1) is 15.2. The number of nitrogens with zero attached hydrogens (tertiary/aromatic N) is 2. The van der Waals surface area contributed by atoms with Crippen LogP contribution in [-0.4, -0.2) is 22.6 Å². The first kappa shape index (κ1) is 24.3. The third-order valence-electron chi connectivity index (χ3n) is 4.67. The first-order valence-electron chi connectivity index (χ1n) is 10.1. The Hall–Kier alpha value is -2.35. The number of rotatable bonds is 8. The Morgan fingerprint density at radius 2 is 1.78 bits per heavy atom. The van der Waals surface area contributed by atoms with Gasteiger partial charge in [0.05, 0.1) is 17.8 Å². The van der Waals surface area contributed by atoms with Gasteiger partial charge in [-0.1, -0.05) is 29.3 Å². The zero-order valence-corrected chi connectivity index (χ0v) is 20.9. The van der Waals surface area contributed by atoms with E-state index in [1.165, 1.54) is 18.3 Å². The summed E-state index contributed by atoms with van der Waals surface area (Å²) in [7, 11) is 0. The summed E-state index contributed by atoms with van der Waals surface area (Å²) in [6.45, 7) is 7.62. The van der Waals surface area contributed by atoms with Gasteiger partial charge in [0, 0.05) is 28.0 Å². The normalized spacial score (nSPS) is 10.8. The van der Waals surface area contributed by atoms with Crippen LogP contribution in [0.4, 0.5) is 10.8 Å². The number of esters is 1. The second-order valence-corrected chi connectivity index (χ2v) is 9.88. The number of hydrogen-bond acceptors (Lipinski definition) is 6. The zero-order valence-electron chi connectivity index (χ0n) is 18.5. The summed E-state index contributed by atoms with van der Waals surface area (Å²) in [6.07, 6.45) is 0.297. The minimum atomic E-state index is -0.283. The van der Waals surface area contributed by atoms with Crippen LogP contribution in [0.1, 0.15) is 35.7 Å². The number of carbonyl (C=O) groups is 2. The van der Waals surface area contributed by atoms with Gasteiger partial charge >= 0.3 is 5.97 Å². The fraction of sp³-hybridized carbons (Fsp3) is 0.292. The fourth-order valence-corrected chi connectivity index (χ4v) is 5.20. The molecule has 0 bridgehead atoms. The number of carbonyl (C=O) groups excluding carboxylic acids is 2. The molecule has 1 amide bonds. The van der Waals surface area contributed by atoms with Crippen molar-refractivity contribution in [1.82, 2.24) is 4.98 Å². The second-order valence-electron chi connectivity index (χ2n) is 7.44. The Morgan fingerprint density at radius 1 is 1.12 bits per heavy atom. The van der Waals surface area contributed by atoms with Crippen LogP contribution in [0.15, 0.2) is 46.7 Å². The highest BCUT2D eigenvalue weighted by molar-refractivity contribution is 7.99. The third kappa shape index (κ3) is 6.34. The smallest absolute Gasteiger partial charge is 0.307 e. The number of thioether (sulfide) groups is 1. The number of ether oxygens (including phenoxy) is 1. The average Bonchev–Trinajstić information content (AvgIpc) is 3.18. The van der Waals surface area contributed by atoms with E-state index in [1.54, 1.807) is 16.7 Å². The van der Waals surface area contributed by atoms with Crippen LogP contribution in [0, 0.1) is 20.8 Å². The maximum Gasteiger partial charge on any atom is 0.307 e. The second kappa shape index (κ2) is 11.0. The van der Waals surface area contributed by atoms with Crippen molar-refractivity contribution in [3.05, 3.63) is 69.2 Å². The van der Waals surface area contributed by atoms with Gasteiger partial charge in [0.2, 0.25) is 5.91 Å². The fourth-order valence-electron chi connectivity index (χ4n) is 3.39. The molecule has 0 aliphatic carbocycles. The molecule has 0 atom stereocenters. The molecule has 0 N–H and O–H groups in total. The molecule has 0 fully saturated rings. The van der Waals surface area contributed by atoms with Crippen LogP contribution in [0.3, 0.4) is 0 Å². The number of aromatic nitrogens is 1. The van der Waals surface area contributed by atoms with E-state index in [0.717, 1.165) is 27.3 Å². The van der Waals surface area contributed by atoms with Gasteiger partial charge in [-0.05, 0) is 56.2 Å². The van der Waals surface area contributed by atoms with Crippen LogP contribution < -0.4 is 4.90 Å². The number of amides is 1. The van der Waals surface area contributed by atoms with Gasteiger partial charge in [-0.25, -0.2) is 4.98 Å². The number of hydrogen-bond donors (Lipinski definition) is 0. The van der Waals surface area contributed by atoms with E-state index in [-0.39, 0.29) is 18.5 Å². The molecule has 0 radical (unpaired) electrons. The van der Waals surface area contributed by atoms with E-state index in [2.05, 4.69) is 17.1 Å². The van der Waals surface area contributed by atoms with Crippen molar-refractivity contribution >= 4 is 57.4 Å². The molecule has 168 valence electrons. The Bertz CT molecular complexity index is 1090. The van der Waals surface area contributed by atoms with Gasteiger partial charge in [0.1, 0.15) is 6.61 Å². The summed E-state index contributed by atoms with van der Waals surface area (Å²) in [5.41, 5.74) is 4.64. The van der Waals surface area contributed by atoms with Crippen LogP contribution in [-0.2, 0) is 20.9 Å². The van der Waals surface area contributed by atoms with Crippen LogP contribution in [0.25, 0.3) is 0 Å². The minimum absolute atomic E-state index is 0.0819. The van der Waals surface area contributed by atoms with Gasteiger partial charge in [0.25, 0.3) is 0 Å². The van der Waals surface area contributed by atoms with Crippen LogP contribution in [0.5, 0.6) is 0 Å². The summed E-state index contributed by atoms with van der Waals surface area (Å²) in [6, 6.07) is 11.6. The average molecular weight is 489 g/mol. The van der Waals surface area contributed by atoms with Crippen molar-refractivity contribution in [3.8, 4) is 0 Å². The van der Waals surface area contributed by atoms with E-state index in [1.807, 2.05) is 50.4 Å². The molecule has 0 aliphatic rings. The van der Waals surface area contributed by atoms with Crippen molar-refractivity contribution in [1.29, 1.82) is 0 Å². The van der Waals surface area contributed by atoms with Crippen molar-refractivity contribution in [2.24, 2.45) is 0 Å². The predicted molar refractivity (Wildman–Crippen MR) is 132 cm³/mol. The summed E-state index contributed by atoms with van der Waals surface area (Å²) >= 11 is 8.81. The number of halogens is 1. The largest absolute Gasteiger partial charge is 0.459 e. The summed E-state index contributed by atoms with van der Waals surface area (Å²) in [4.78, 5) is 31.8. The molecule has 32 heavy (non-hydrogen) atoms. The van der Waals surface area contributed by atoms with Gasteiger partial charge in [-0.2, -0.15) is 0 Å². The Labute approximate surface area is 201 Å². The van der Waals surface area contributed by atoms with Gasteiger partial charge < -0.3 is 4.74 Å². The Morgan fingerprint density at radius 3 is 2.41 bits per heavy atom. The van der Waals surface area contributed by atoms with E-state index >= 15 is 0 Å². The van der Waals surface area contributed by atoms with Gasteiger partial charge in [-0.3, -0.25) is 14.5 Å². The maximum absolute atomic E-state index is 12.5. The molecule has 0 saturated heterocycles. The third-order valence-corrected chi connectivity index (χ3v) is 6.81. The van der Waals surface area contributed by atoms with E-state index < -0.39 is 0 Å². The van der Waals surface area contributed by atoms with E-state index in [4.69, 9.17) is 16.3 Å². The number of anilines is 2. The highest BCUT2D eigenvalue weighted by Crippen LogP contribution is 2.34. The molecule has 0 spiro atoms. The lowest BCUT2D eigenvalue weighted by Crippen LogP contribution is -2.24. The lowest BCUT2D eigenvalue weighted by molar-refractivity contribution is -0.144. The summed E-state index contributed by atoms with van der Waals surface area (Å²) in [5.74, 6) is 0.221. The molecular formula is C24H25ClN2O3S2. The molecule has 3 rings (SSSR count). The molecule has 1 heterocycles. The van der Waals surface area contributed by atoms with Gasteiger partial charge in [-0.15, -0.1) is 23.1 Å². The highest BCUT2D eigenvalue weighted by Gasteiger charge is 2.22. The molecule has 1 aromatic heterocycles. The Kier molecular flexibility index (Phi) is 8.34. The van der Waals surface area contributed by atoms with Crippen molar-refractivity contribution in [3.63, 3.8) is 0 Å². The van der Waals surface area contributed by atoms with Crippen molar-refractivity contribution in [2.75, 3.05) is 10.7 Å². The topological polar surface area (TPSA) is 59.5 Å². The molecule has 0 unspecified atom stereocenters. The molecule has 0 saturated carbocycles. The monoisotopic (exact) mass is 488 g/mol. The first-order valence-corrected chi connectivity index (χ1v) is 12.4. The molecule has 0 aliphatic heterocycles. The lowest BCUT2D eigenvalue weighted by atomic mass is 10.0. The van der Waals surface area contributed by atoms with Crippen molar-refractivity contribution < 1.29 is 14.3 Å². The molecule has 5 nitrogen and oxygen atoms in total. The summed E-state index contributed by atoms with van der Waals surface area (Å²) in [5, 5.41) is 3.07. The number of benzene rings is 2. The minimum Gasteiger partial charge on any atom is -0.459 e. The standard InChI is InChI=1S/C24H25ClN2O3S2/c1-15-11-16(2)23(17(3)12-15)27(18(4)28)24-26-20(14-32-24)13-30-22(29)9-10-31-21-7-5-19(25)6-8-21/h5-8,11-12,14H,9-10,13H2,1-4H3. The van der Waals surface area contributed by atoms with Crippen LogP contribution in [0.2, 0.25) is 5.02 Å². The Balaban J connectivity index is 1.59. The molecular weight excluding hydrogens is 464 g/mol. The number of aryl methyl sites for hydroxylation is 3. The lowest BCUT2D eigenvalue weighted by Gasteiger charge is -2.23. The van der Waals surface area contributed by atoms with Gasteiger partial charge in [0.15, 0.2) is 5.13 Å². The molecule has 3 aromatic rings. The molecule has 2 aromatic carbocycles. The van der Waals surface area contributed by atoms with Crippen LogP contribution >= 0.6 is 34.7 Å². The highest BCUT2D eigenvalue weighted by atomic mass is 35.5. The summed E-state index contributed by atoms with van der Waals surface area (Å²) < 4.78 is 5.37. The predicted octanol–water partition coefficient (Wildman–Crippen LogP) is 6.63. The zero-order chi connectivity index (χ0) is 23.3. The SMILES string of the molecule is CC(=O)N(c1nc(COC(=O)CCSc2ccc(Cl)cc2)cs1)c1c(C)cc(C)cc1C. The van der Waals surface area contributed by atoms with Crippen molar-refractivity contribution in [2.45, 2.75) is 45.6 Å². The number of thiazole rings is 1.